The van der Waals surface area contributed by atoms with Gasteiger partial charge < -0.3 is 10.1 Å². The van der Waals surface area contributed by atoms with Gasteiger partial charge >= 0.3 is 0 Å². The van der Waals surface area contributed by atoms with Gasteiger partial charge in [-0.15, -0.1) is 0 Å². The topological polar surface area (TPSA) is 98.8 Å². The van der Waals surface area contributed by atoms with Gasteiger partial charge in [-0.2, -0.15) is 10.5 Å². The summed E-state index contributed by atoms with van der Waals surface area (Å²) in [6.45, 7) is 2.11. The van der Waals surface area contributed by atoms with Gasteiger partial charge in [0.1, 0.15) is 22.7 Å². The van der Waals surface area contributed by atoms with E-state index in [1.165, 1.54) is 0 Å². The number of carbonyl (C=O) groups excluding carboxylic acids is 1. The fraction of sp³-hybridized carbons (Fsp3) is 0.130. The SMILES string of the molecule is CCOc1nc(SCC(=O)Nc2ccccc2)c(C#N)c(-c2ccccc2)c1C#N. The fourth-order valence-electron chi connectivity index (χ4n) is 2.84. The molecule has 0 unspecified atom stereocenters. The van der Waals surface area contributed by atoms with E-state index in [2.05, 4.69) is 22.4 Å². The van der Waals surface area contributed by atoms with Gasteiger partial charge in [-0.25, -0.2) is 4.98 Å². The fourth-order valence-corrected chi connectivity index (χ4v) is 3.62. The number of rotatable bonds is 7. The molecule has 3 aromatic rings. The Bertz CT molecular complexity index is 1120. The van der Waals surface area contributed by atoms with Crippen LogP contribution in [-0.2, 0) is 4.79 Å². The molecule has 0 atom stereocenters. The predicted octanol–water partition coefficient (Wildman–Crippen LogP) is 4.62. The zero-order valence-corrected chi connectivity index (χ0v) is 17.1. The molecular weight excluding hydrogens is 396 g/mol. The summed E-state index contributed by atoms with van der Waals surface area (Å²) in [4.78, 5) is 16.7. The molecule has 7 heteroatoms. The molecule has 1 amide bonds. The lowest BCUT2D eigenvalue weighted by Crippen LogP contribution is -2.14. The Morgan fingerprint density at radius 2 is 1.67 bits per heavy atom. The van der Waals surface area contributed by atoms with Gasteiger partial charge in [-0.05, 0) is 24.6 Å². The highest BCUT2D eigenvalue weighted by Crippen LogP contribution is 2.37. The van der Waals surface area contributed by atoms with Gasteiger partial charge in [-0.1, -0.05) is 60.3 Å². The molecule has 0 radical (unpaired) electrons. The van der Waals surface area contributed by atoms with Gasteiger partial charge in [0.05, 0.1) is 17.9 Å². The van der Waals surface area contributed by atoms with E-state index >= 15 is 0 Å². The van der Waals surface area contributed by atoms with Crippen molar-refractivity contribution in [1.29, 1.82) is 10.5 Å². The van der Waals surface area contributed by atoms with Gasteiger partial charge in [0.2, 0.25) is 11.8 Å². The zero-order valence-electron chi connectivity index (χ0n) is 16.3. The van der Waals surface area contributed by atoms with Crippen LogP contribution in [0, 0.1) is 22.7 Å². The molecule has 0 aliphatic carbocycles. The molecule has 0 aliphatic rings. The van der Waals surface area contributed by atoms with Crippen LogP contribution in [-0.4, -0.2) is 23.3 Å². The van der Waals surface area contributed by atoms with Crippen molar-refractivity contribution in [2.24, 2.45) is 0 Å². The molecule has 3 rings (SSSR count). The van der Waals surface area contributed by atoms with Crippen molar-refractivity contribution >= 4 is 23.4 Å². The summed E-state index contributed by atoms with van der Waals surface area (Å²) in [5.41, 5.74) is 2.32. The minimum Gasteiger partial charge on any atom is -0.477 e. The van der Waals surface area contributed by atoms with Gasteiger partial charge in [0, 0.05) is 11.3 Å². The molecule has 1 aromatic heterocycles. The molecule has 0 saturated heterocycles. The second kappa shape index (κ2) is 10.1. The zero-order chi connectivity index (χ0) is 21.3. The van der Waals surface area contributed by atoms with E-state index < -0.39 is 0 Å². The van der Waals surface area contributed by atoms with Gasteiger partial charge in [-0.3, -0.25) is 4.79 Å². The lowest BCUT2D eigenvalue weighted by atomic mass is 9.97. The number of nitrogens with one attached hydrogen (secondary N) is 1. The molecular formula is C23H18N4O2S. The smallest absolute Gasteiger partial charge is 0.234 e. The van der Waals surface area contributed by atoms with Gasteiger partial charge in [0.25, 0.3) is 0 Å². The highest BCUT2D eigenvalue weighted by atomic mass is 32.2. The summed E-state index contributed by atoms with van der Waals surface area (Å²) >= 11 is 1.13. The van der Waals surface area contributed by atoms with E-state index in [0.717, 1.165) is 11.8 Å². The molecule has 6 nitrogen and oxygen atoms in total. The number of ether oxygens (including phenoxy) is 1. The summed E-state index contributed by atoms with van der Waals surface area (Å²) in [6, 6.07) is 22.6. The van der Waals surface area contributed by atoms with Crippen LogP contribution in [0.5, 0.6) is 5.88 Å². The first-order valence-electron chi connectivity index (χ1n) is 9.22. The third kappa shape index (κ3) is 4.78. The Morgan fingerprint density at radius 3 is 2.27 bits per heavy atom. The Balaban J connectivity index is 1.97. The Morgan fingerprint density at radius 1 is 1.03 bits per heavy atom. The molecule has 1 N–H and O–H groups in total. The van der Waals surface area contributed by atoms with Crippen molar-refractivity contribution in [2.75, 3.05) is 17.7 Å². The average molecular weight is 414 g/mol. The van der Waals surface area contributed by atoms with E-state index in [1.807, 2.05) is 48.5 Å². The number of para-hydroxylation sites is 1. The lowest BCUT2D eigenvalue weighted by Gasteiger charge is -2.14. The van der Waals surface area contributed by atoms with Crippen LogP contribution in [0.15, 0.2) is 65.7 Å². The van der Waals surface area contributed by atoms with E-state index in [9.17, 15) is 15.3 Å². The molecule has 1 heterocycles. The highest BCUT2D eigenvalue weighted by molar-refractivity contribution is 8.00. The summed E-state index contributed by atoms with van der Waals surface area (Å²) in [5.74, 6) is -0.00766. The molecule has 2 aromatic carbocycles. The third-order valence-corrected chi connectivity index (χ3v) is 5.07. The monoisotopic (exact) mass is 414 g/mol. The molecule has 148 valence electrons. The van der Waals surface area contributed by atoms with Crippen molar-refractivity contribution in [3.8, 4) is 29.1 Å². The lowest BCUT2D eigenvalue weighted by molar-refractivity contribution is -0.113. The summed E-state index contributed by atoms with van der Waals surface area (Å²) < 4.78 is 5.58. The maximum absolute atomic E-state index is 12.3. The molecule has 0 spiro atoms. The number of benzene rings is 2. The third-order valence-electron chi connectivity index (χ3n) is 4.10. The van der Waals surface area contributed by atoms with Crippen molar-refractivity contribution in [1.82, 2.24) is 4.98 Å². The molecule has 0 saturated carbocycles. The summed E-state index contributed by atoms with van der Waals surface area (Å²) in [6.07, 6.45) is 0. The second-order valence-electron chi connectivity index (χ2n) is 6.07. The van der Waals surface area contributed by atoms with Crippen molar-refractivity contribution < 1.29 is 9.53 Å². The second-order valence-corrected chi connectivity index (χ2v) is 7.04. The molecule has 0 aliphatic heterocycles. The van der Waals surface area contributed by atoms with E-state index in [-0.39, 0.29) is 28.7 Å². The van der Waals surface area contributed by atoms with Crippen LogP contribution < -0.4 is 10.1 Å². The summed E-state index contributed by atoms with van der Waals surface area (Å²) in [7, 11) is 0. The Hall–Kier alpha value is -3.81. The quantitative estimate of drug-likeness (QED) is 0.566. The maximum Gasteiger partial charge on any atom is 0.234 e. The first-order chi connectivity index (χ1) is 14.7. The van der Waals surface area contributed by atoms with Crippen LogP contribution in [0.4, 0.5) is 5.69 Å². The number of anilines is 1. The van der Waals surface area contributed by atoms with Crippen molar-refractivity contribution in [2.45, 2.75) is 11.9 Å². The number of amides is 1. The minimum absolute atomic E-state index is 0.0578. The van der Waals surface area contributed by atoms with E-state index in [1.54, 1.807) is 19.1 Å². The van der Waals surface area contributed by atoms with Crippen molar-refractivity contribution in [3.05, 3.63) is 71.8 Å². The van der Waals surface area contributed by atoms with Crippen LogP contribution in [0.25, 0.3) is 11.1 Å². The molecule has 0 bridgehead atoms. The Kier molecular flexibility index (Phi) is 7.05. The molecule has 30 heavy (non-hydrogen) atoms. The predicted molar refractivity (Wildman–Crippen MR) is 116 cm³/mol. The number of aromatic nitrogens is 1. The largest absolute Gasteiger partial charge is 0.477 e. The standard InChI is InChI=1S/C23H18N4O2S/c1-2-29-22-18(13-24)21(16-9-5-3-6-10-16)19(14-25)23(27-22)30-15-20(28)26-17-11-7-4-8-12-17/h3-12H,2,15H2,1H3,(H,26,28). The van der Waals surface area contributed by atoms with E-state index in [4.69, 9.17) is 4.74 Å². The van der Waals surface area contributed by atoms with E-state index in [0.29, 0.717) is 28.4 Å². The number of thioether (sulfide) groups is 1. The number of carbonyl (C=O) groups is 1. The summed E-state index contributed by atoms with van der Waals surface area (Å²) in [5, 5.41) is 22.7. The normalized spacial score (nSPS) is 9.97. The first-order valence-corrected chi connectivity index (χ1v) is 10.2. The van der Waals surface area contributed by atoms with Crippen LogP contribution in [0.2, 0.25) is 0 Å². The average Bonchev–Trinajstić information content (AvgIpc) is 2.78. The number of hydrogen-bond acceptors (Lipinski definition) is 6. The highest BCUT2D eigenvalue weighted by Gasteiger charge is 2.23. The minimum atomic E-state index is -0.222. The van der Waals surface area contributed by atoms with Crippen LogP contribution in [0.3, 0.4) is 0 Å². The van der Waals surface area contributed by atoms with Gasteiger partial charge in [0.15, 0.2) is 0 Å². The Labute approximate surface area is 179 Å². The van der Waals surface area contributed by atoms with Crippen LogP contribution in [0.1, 0.15) is 18.1 Å². The number of nitriles is 2. The van der Waals surface area contributed by atoms with Crippen LogP contribution >= 0.6 is 11.8 Å². The first kappa shape index (κ1) is 20.9. The number of nitrogens with zero attached hydrogens (tertiary/aromatic N) is 3. The number of hydrogen-bond donors (Lipinski definition) is 1. The molecule has 0 fully saturated rings. The maximum atomic E-state index is 12.3. The van der Waals surface area contributed by atoms with Crippen molar-refractivity contribution in [3.63, 3.8) is 0 Å². The number of pyridine rings is 1.